The fourth-order valence-corrected chi connectivity index (χ4v) is 2.63. The van der Waals surface area contributed by atoms with Gasteiger partial charge >= 0.3 is 0 Å². The molecule has 1 aromatic carbocycles. The van der Waals surface area contributed by atoms with Gasteiger partial charge in [0.05, 0.1) is 10.7 Å². The zero-order valence-corrected chi connectivity index (χ0v) is 16.2. The molecule has 24 heavy (non-hydrogen) atoms. The molecule has 0 spiro atoms. The van der Waals surface area contributed by atoms with E-state index >= 15 is 0 Å². The van der Waals surface area contributed by atoms with Crippen LogP contribution in [0, 0.1) is 19.3 Å². The minimum absolute atomic E-state index is 0.292. The maximum atomic E-state index is 12.6. The number of nitrogens with one attached hydrogen (secondary N) is 2. The topological polar surface area (TPSA) is 61.4 Å². The lowest BCUT2D eigenvalue weighted by atomic mass is 9.90. The van der Waals surface area contributed by atoms with Gasteiger partial charge in [0, 0.05) is 6.54 Å². The molecule has 0 heterocycles. The van der Waals surface area contributed by atoms with E-state index in [-0.39, 0.29) is 11.8 Å². The second-order valence-electron chi connectivity index (χ2n) is 6.93. The summed E-state index contributed by atoms with van der Waals surface area (Å²) in [5, 5.41) is 6.09. The summed E-state index contributed by atoms with van der Waals surface area (Å²) in [5.74, 6) is -0.666. The first-order valence-corrected chi connectivity index (χ1v) is 8.44. The Labute approximate surface area is 149 Å². The van der Waals surface area contributed by atoms with E-state index in [1.807, 2.05) is 38.9 Å². The van der Waals surface area contributed by atoms with Gasteiger partial charge in [0.1, 0.15) is 5.41 Å². The van der Waals surface area contributed by atoms with Crippen molar-refractivity contribution in [2.45, 2.75) is 34.1 Å². The quantitative estimate of drug-likeness (QED) is 0.585. The van der Waals surface area contributed by atoms with E-state index < -0.39 is 5.41 Å². The Kier molecular flexibility index (Phi) is 7.24. The third-order valence-corrected chi connectivity index (χ3v) is 4.17. The van der Waals surface area contributed by atoms with Gasteiger partial charge in [-0.25, -0.2) is 0 Å². The van der Waals surface area contributed by atoms with Crippen molar-refractivity contribution in [1.82, 2.24) is 10.2 Å². The molecule has 0 aliphatic heterocycles. The van der Waals surface area contributed by atoms with Crippen LogP contribution in [0.25, 0.3) is 0 Å². The molecule has 134 valence electrons. The molecule has 0 fully saturated rings. The monoisotopic (exact) mass is 353 g/mol. The van der Waals surface area contributed by atoms with E-state index in [2.05, 4.69) is 10.6 Å². The van der Waals surface area contributed by atoms with Gasteiger partial charge in [-0.2, -0.15) is 0 Å². The summed E-state index contributed by atoms with van der Waals surface area (Å²) in [6, 6.07) is 3.73. The number of amides is 2. The average Bonchev–Trinajstić information content (AvgIpc) is 2.46. The lowest BCUT2D eigenvalue weighted by Gasteiger charge is -2.24. The minimum atomic E-state index is -1.18. The number of anilines is 1. The lowest BCUT2D eigenvalue weighted by molar-refractivity contribution is -0.138. The Morgan fingerprint density at radius 1 is 1.17 bits per heavy atom. The van der Waals surface area contributed by atoms with Gasteiger partial charge in [0.25, 0.3) is 0 Å². The van der Waals surface area contributed by atoms with Crippen molar-refractivity contribution in [2.24, 2.45) is 5.41 Å². The molecule has 0 bridgehead atoms. The average molecular weight is 354 g/mol. The number of carbonyl (C=O) groups excluding carboxylic acids is 2. The number of aryl methyl sites for hydroxylation is 2. The van der Waals surface area contributed by atoms with Gasteiger partial charge in [-0.1, -0.05) is 17.7 Å². The van der Waals surface area contributed by atoms with Crippen molar-refractivity contribution in [3.8, 4) is 0 Å². The maximum absolute atomic E-state index is 12.6. The van der Waals surface area contributed by atoms with E-state index in [9.17, 15) is 9.59 Å². The molecule has 1 rings (SSSR count). The molecule has 0 radical (unpaired) electrons. The molecular weight excluding hydrogens is 326 g/mol. The second kappa shape index (κ2) is 8.49. The standard InChI is InChI=1S/C18H28ClN3O2/c1-12-10-13(2)15(14(19)11-12)21-17(24)18(3,4)16(23)20-8-7-9-22(5)6/h10-11H,7-9H2,1-6H3,(H,20,23)(H,21,24). The fraction of sp³-hybridized carbons (Fsp3) is 0.556. The highest BCUT2D eigenvalue weighted by atomic mass is 35.5. The van der Waals surface area contributed by atoms with Crippen LogP contribution in [0.5, 0.6) is 0 Å². The lowest BCUT2D eigenvalue weighted by Crippen LogP contribution is -2.45. The summed E-state index contributed by atoms with van der Waals surface area (Å²) >= 11 is 6.22. The second-order valence-corrected chi connectivity index (χ2v) is 7.34. The summed E-state index contributed by atoms with van der Waals surface area (Å²) in [6.07, 6.45) is 0.833. The Bertz CT molecular complexity index is 589. The summed E-state index contributed by atoms with van der Waals surface area (Å²) in [7, 11) is 3.96. The fourth-order valence-electron chi connectivity index (χ4n) is 2.27. The summed E-state index contributed by atoms with van der Waals surface area (Å²) in [6.45, 7) is 8.46. The molecule has 6 heteroatoms. The van der Waals surface area contributed by atoms with Crippen molar-refractivity contribution in [1.29, 1.82) is 0 Å². The van der Waals surface area contributed by atoms with Gasteiger partial charge < -0.3 is 15.5 Å². The molecule has 2 N–H and O–H groups in total. The van der Waals surface area contributed by atoms with Gasteiger partial charge in [0.2, 0.25) is 11.8 Å². The van der Waals surface area contributed by atoms with Crippen molar-refractivity contribution < 1.29 is 9.59 Å². The third kappa shape index (κ3) is 5.49. The highest BCUT2D eigenvalue weighted by Gasteiger charge is 2.36. The smallest absolute Gasteiger partial charge is 0.239 e. The molecule has 1 aromatic rings. The highest BCUT2D eigenvalue weighted by molar-refractivity contribution is 6.34. The SMILES string of the molecule is Cc1cc(C)c(NC(=O)C(C)(C)C(=O)NCCCN(C)C)c(Cl)c1. The van der Waals surface area contributed by atoms with E-state index in [0.29, 0.717) is 17.3 Å². The summed E-state index contributed by atoms with van der Waals surface area (Å²) < 4.78 is 0. The van der Waals surface area contributed by atoms with Gasteiger partial charge in [0.15, 0.2) is 0 Å². The Hall–Kier alpha value is -1.59. The summed E-state index contributed by atoms with van der Waals surface area (Å²) in [4.78, 5) is 27.0. The molecule has 0 saturated heterocycles. The third-order valence-electron chi connectivity index (χ3n) is 3.87. The number of rotatable bonds is 7. The highest BCUT2D eigenvalue weighted by Crippen LogP contribution is 2.29. The predicted octanol–water partition coefficient (Wildman–Crippen LogP) is 2.99. The number of hydrogen-bond acceptors (Lipinski definition) is 3. The maximum Gasteiger partial charge on any atom is 0.239 e. The van der Waals surface area contributed by atoms with Crippen LogP contribution in [0.15, 0.2) is 12.1 Å². The van der Waals surface area contributed by atoms with Crippen LogP contribution in [0.4, 0.5) is 5.69 Å². The zero-order valence-electron chi connectivity index (χ0n) is 15.4. The van der Waals surface area contributed by atoms with Crippen molar-refractivity contribution in [2.75, 3.05) is 32.5 Å². The molecule has 5 nitrogen and oxygen atoms in total. The normalized spacial score (nSPS) is 11.5. The number of carbonyl (C=O) groups is 2. The van der Waals surface area contributed by atoms with Crippen LogP contribution in [-0.2, 0) is 9.59 Å². The number of hydrogen-bond donors (Lipinski definition) is 2. The molecule has 0 atom stereocenters. The van der Waals surface area contributed by atoms with Crippen LogP contribution in [0.1, 0.15) is 31.4 Å². The minimum Gasteiger partial charge on any atom is -0.355 e. The van der Waals surface area contributed by atoms with Crippen molar-refractivity contribution in [3.63, 3.8) is 0 Å². The Balaban J connectivity index is 2.73. The predicted molar refractivity (Wildman–Crippen MR) is 99.5 cm³/mol. The molecule has 2 amide bonds. The Morgan fingerprint density at radius 3 is 2.33 bits per heavy atom. The first kappa shape index (κ1) is 20.5. The van der Waals surface area contributed by atoms with Crippen molar-refractivity contribution in [3.05, 3.63) is 28.3 Å². The molecule has 0 aromatic heterocycles. The van der Waals surface area contributed by atoms with Gasteiger partial charge in [-0.15, -0.1) is 0 Å². The number of halogens is 1. The first-order valence-electron chi connectivity index (χ1n) is 8.07. The first-order chi connectivity index (χ1) is 11.1. The molecule has 0 unspecified atom stereocenters. The van der Waals surface area contributed by atoms with Crippen molar-refractivity contribution >= 4 is 29.1 Å². The van der Waals surface area contributed by atoms with Gasteiger partial charge in [-0.05, 0) is 71.9 Å². The largest absolute Gasteiger partial charge is 0.355 e. The molecular formula is C18H28ClN3O2. The molecule has 0 aliphatic carbocycles. The van der Waals surface area contributed by atoms with Crippen LogP contribution >= 0.6 is 11.6 Å². The van der Waals surface area contributed by atoms with Crippen LogP contribution < -0.4 is 10.6 Å². The van der Waals surface area contributed by atoms with E-state index in [0.717, 1.165) is 24.1 Å². The number of benzene rings is 1. The van der Waals surface area contributed by atoms with Gasteiger partial charge in [-0.3, -0.25) is 9.59 Å². The van der Waals surface area contributed by atoms with E-state index in [1.54, 1.807) is 19.9 Å². The Morgan fingerprint density at radius 2 is 1.79 bits per heavy atom. The van der Waals surface area contributed by atoms with Crippen LogP contribution in [-0.4, -0.2) is 43.9 Å². The van der Waals surface area contributed by atoms with E-state index in [1.165, 1.54) is 0 Å². The van der Waals surface area contributed by atoms with Crippen LogP contribution in [0.3, 0.4) is 0 Å². The summed E-state index contributed by atoms with van der Waals surface area (Å²) in [5.41, 5.74) is 1.27. The zero-order chi connectivity index (χ0) is 18.5. The molecule has 0 saturated carbocycles. The van der Waals surface area contributed by atoms with E-state index in [4.69, 9.17) is 11.6 Å². The van der Waals surface area contributed by atoms with Crippen LogP contribution in [0.2, 0.25) is 5.02 Å². The molecule has 0 aliphatic rings. The number of nitrogens with zero attached hydrogens (tertiary/aromatic N) is 1.